The summed E-state index contributed by atoms with van der Waals surface area (Å²) >= 11 is 1.38. The number of ether oxygens (including phenoxy) is 1. The molecule has 5 heteroatoms. The highest BCUT2D eigenvalue weighted by atomic mass is 32.2. The number of thioether (sulfide) groups is 1. The van der Waals surface area contributed by atoms with Gasteiger partial charge in [-0.1, -0.05) is 0 Å². The molecule has 0 saturated heterocycles. The summed E-state index contributed by atoms with van der Waals surface area (Å²) in [6.45, 7) is 1.58. The monoisotopic (exact) mass is 189 g/mol. The van der Waals surface area contributed by atoms with Crippen molar-refractivity contribution in [3.8, 4) is 0 Å². The Labute approximate surface area is 75.0 Å². The van der Waals surface area contributed by atoms with E-state index in [1.165, 1.54) is 18.9 Å². The molecule has 1 N–H and O–H groups in total. The van der Waals surface area contributed by atoms with Gasteiger partial charge in [0.15, 0.2) is 6.04 Å². The molecule has 2 unspecified atom stereocenters. The van der Waals surface area contributed by atoms with E-state index in [1.807, 2.05) is 0 Å². The molecule has 0 aromatic heterocycles. The third kappa shape index (κ3) is 1.78. The topological polar surface area (TPSA) is 58.9 Å². The number of esters is 1. The minimum absolute atomic E-state index is 0.469. The molecule has 0 saturated carbocycles. The van der Waals surface area contributed by atoms with E-state index in [4.69, 9.17) is 0 Å². The molecule has 4 nitrogen and oxygen atoms in total. The molecule has 1 aliphatic heterocycles. The van der Waals surface area contributed by atoms with Crippen LogP contribution in [0, 0.1) is 0 Å². The summed E-state index contributed by atoms with van der Waals surface area (Å²) in [5, 5.41) is 9.70. The van der Waals surface area contributed by atoms with Crippen molar-refractivity contribution in [1.82, 2.24) is 0 Å². The number of hydrogen-bond donors (Lipinski definition) is 1. The molecule has 0 fully saturated rings. The first kappa shape index (κ1) is 9.54. The van der Waals surface area contributed by atoms with Gasteiger partial charge in [-0.25, -0.2) is 4.79 Å². The molecule has 0 aliphatic carbocycles. The molecule has 12 heavy (non-hydrogen) atoms. The first-order valence-corrected chi connectivity index (χ1v) is 4.56. The third-order valence-electron chi connectivity index (χ3n) is 1.67. The van der Waals surface area contributed by atoms with E-state index in [0.717, 1.165) is 0 Å². The Morgan fingerprint density at radius 2 is 2.58 bits per heavy atom. The number of hydrogen-bond acceptors (Lipinski definition) is 5. The molecular weight excluding hydrogens is 178 g/mol. The maximum atomic E-state index is 11.1. The lowest BCUT2D eigenvalue weighted by Gasteiger charge is -2.29. The third-order valence-corrected chi connectivity index (χ3v) is 2.70. The first-order chi connectivity index (χ1) is 5.58. The number of nitrogens with zero attached hydrogens (tertiary/aromatic N) is 1. The van der Waals surface area contributed by atoms with Crippen molar-refractivity contribution in [2.75, 3.05) is 12.9 Å². The Hall–Kier alpha value is -0.550. The first-order valence-electron chi connectivity index (χ1n) is 3.51. The smallest absolute Gasteiger partial charge is 0.333 e. The molecule has 0 radical (unpaired) electrons. The van der Waals surface area contributed by atoms with Gasteiger partial charge in [0.05, 0.1) is 12.7 Å². The SMILES string of the molecule is COC(=O)C1N=CSCC1(C)O. The summed E-state index contributed by atoms with van der Waals surface area (Å²) in [5.41, 5.74) is 0.478. The van der Waals surface area contributed by atoms with Crippen LogP contribution in [0.5, 0.6) is 0 Å². The maximum Gasteiger partial charge on any atom is 0.333 e. The van der Waals surface area contributed by atoms with Crippen molar-refractivity contribution in [3.63, 3.8) is 0 Å². The fourth-order valence-electron chi connectivity index (χ4n) is 0.976. The van der Waals surface area contributed by atoms with E-state index in [1.54, 1.807) is 12.5 Å². The predicted octanol–water partition coefficient (Wildman–Crippen LogP) is 0.0541. The highest BCUT2D eigenvalue weighted by molar-refractivity contribution is 8.12. The van der Waals surface area contributed by atoms with E-state index in [2.05, 4.69) is 9.73 Å². The average molecular weight is 189 g/mol. The van der Waals surface area contributed by atoms with E-state index in [9.17, 15) is 9.90 Å². The largest absolute Gasteiger partial charge is 0.467 e. The van der Waals surface area contributed by atoms with Gasteiger partial charge in [-0.2, -0.15) is 0 Å². The van der Waals surface area contributed by atoms with Gasteiger partial charge in [0.2, 0.25) is 0 Å². The molecule has 0 aromatic rings. The standard InChI is InChI=1S/C7H11NO3S/c1-7(10)3-12-4-8-5(7)6(9)11-2/h4-5,10H,3H2,1-2H3. The lowest BCUT2D eigenvalue weighted by atomic mass is 9.99. The van der Waals surface area contributed by atoms with Gasteiger partial charge in [0.1, 0.15) is 5.60 Å². The molecule has 0 bridgehead atoms. The van der Waals surface area contributed by atoms with Crippen LogP contribution in [0.4, 0.5) is 0 Å². The zero-order valence-electron chi connectivity index (χ0n) is 6.98. The van der Waals surface area contributed by atoms with Crippen molar-refractivity contribution >= 4 is 23.3 Å². The van der Waals surface area contributed by atoms with Crippen molar-refractivity contribution in [1.29, 1.82) is 0 Å². The lowest BCUT2D eigenvalue weighted by Crippen LogP contribution is -2.47. The molecular formula is C7H11NO3S. The molecule has 68 valence electrons. The summed E-state index contributed by atoms with van der Waals surface area (Å²) in [6, 6.07) is -0.774. The Bertz CT molecular complexity index is 215. The van der Waals surface area contributed by atoms with Gasteiger partial charge in [0, 0.05) is 5.75 Å². The maximum absolute atomic E-state index is 11.1. The van der Waals surface area contributed by atoms with Crippen molar-refractivity contribution in [2.24, 2.45) is 4.99 Å². The number of methoxy groups -OCH3 is 1. The van der Waals surface area contributed by atoms with Crippen molar-refractivity contribution in [3.05, 3.63) is 0 Å². The second kappa shape index (κ2) is 3.45. The van der Waals surface area contributed by atoms with Crippen molar-refractivity contribution < 1.29 is 14.6 Å². The van der Waals surface area contributed by atoms with Gasteiger partial charge >= 0.3 is 5.97 Å². The van der Waals surface area contributed by atoms with Crippen LogP contribution in [-0.4, -0.2) is 41.1 Å². The van der Waals surface area contributed by atoms with E-state index in [0.29, 0.717) is 5.75 Å². The van der Waals surface area contributed by atoms with Crippen LogP contribution in [-0.2, 0) is 9.53 Å². The van der Waals surface area contributed by atoms with Gasteiger partial charge in [-0.3, -0.25) is 4.99 Å². The summed E-state index contributed by atoms with van der Waals surface area (Å²) in [4.78, 5) is 14.9. The average Bonchev–Trinajstić information content (AvgIpc) is 2.02. The molecule has 0 amide bonds. The number of aliphatic hydroxyl groups is 1. The van der Waals surface area contributed by atoms with Gasteiger partial charge in [0.25, 0.3) is 0 Å². The Morgan fingerprint density at radius 1 is 1.92 bits per heavy atom. The van der Waals surface area contributed by atoms with E-state index in [-0.39, 0.29) is 0 Å². The fourth-order valence-corrected chi connectivity index (χ4v) is 1.75. The number of carbonyl (C=O) groups is 1. The van der Waals surface area contributed by atoms with E-state index < -0.39 is 17.6 Å². The van der Waals surface area contributed by atoms with Crippen LogP contribution >= 0.6 is 11.8 Å². The fraction of sp³-hybridized carbons (Fsp3) is 0.714. The van der Waals surface area contributed by atoms with Crippen LogP contribution < -0.4 is 0 Å². The number of aliphatic imine (C=N–C) groups is 1. The Balaban J connectivity index is 2.78. The molecule has 2 atom stereocenters. The van der Waals surface area contributed by atoms with Gasteiger partial charge in [-0.15, -0.1) is 11.8 Å². The minimum atomic E-state index is -1.09. The number of carbonyl (C=O) groups excluding carboxylic acids is 1. The van der Waals surface area contributed by atoms with Crippen LogP contribution in [0.2, 0.25) is 0 Å². The summed E-state index contributed by atoms with van der Waals surface area (Å²) < 4.78 is 4.50. The quantitative estimate of drug-likeness (QED) is 0.592. The van der Waals surface area contributed by atoms with Crippen LogP contribution in [0.1, 0.15) is 6.92 Å². The number of rotatable bonds is 1. The zero-order chi connectivity index (χ0) is 9.19. The lowest BCUT2D eigenvalue weighted by molar-refractivity contribution is -0.147. The van der Waals surface area contributed by atoms with Gasteiger partial charge < -0.3 is 9.84 Å². The Kier molecular flexibility index (Phi) is 2.74. The van der Waals surface area contributed by atoms with Gasteiger partial charge in [-0.05, 0) is 6.92 Å². The highest BCUT2D eigenvalue weighted by Gasteiger charge is 2.39. The predicted molar refractivity (Wildman–Crippen MR) is 47.4 cm³/mol. The summed E-state index contributed by atoms with van der Waals surface area (Å²) in [6.07, 6.45) is 0. The van der Waals surface area contributed by atoms with Crippen LogP contribution in [0.3, 0.4) is 0 Å². The molecule has 1 aliphatic rings. The highest BCUT2D eigenvalue weighted by Crippen LogP contribution is 2.23. The molecule has 0 spiro atoms. The normalized spacial score (nSPS) is 34.8. The molecule has 0 aromatic carbocycles. The zero-order valence-corrected chi connectivity index (χ0v) is 7.80. The molecule has 1 rings (SSSR count). The summed E-state index contributed by atoms with van der Waals surface area (Å²) in [5.74, 6) is -0.0208. The van der Waals surface area contributed by atoms with Crippen molar-refractivity contribution in [2.45, 2.75) is 18.6 Å². The molecule has 1 heterocycles. The van der Waals surface area contributed by atoms with Crippen LogP contribution in [0.15, 0.2) is 4.99 Å². The second-order valence-electron chi connectivity index (χ2n) is 2.85. The summed E-state index contributed by atoms with van der Waals surface area (Å²) in [7, 11) is 1.29. The second-order valence-corrected chi connectivity index (χ2v) is 3.68. The Morgan fingerprint density at radius 3 is 3.08 bits per heavy atom. The van der Waals surface area contributed by atoms with E-state index >= 15 is 0 Å². The van der Waals surface area contributed by atoms with Crippen LogP contribution in [0.25, 0.3) is 0 Å². The minimum Gasteiger partial charge on any atom is -0.467 e.